The van der Waals surface area contributed by atoms with Gasteiger partial charge in [-0.05, 0) is 30.7 Å². The number of primary amides is 1. The molecule has 0 saturated heterocycles. The summed E-state index contributed by atoms with van der Waals surface area (Å²) in [5.41, 5.74) is 5.86. The average molecular weight is 262 g/mol. The van der Waals surface area contributed by atoms with E-state index >= 15 is 0 Å². The Morgan fingerprint density at radius 2 is 1.75 bits per heavy atom. The van der Waals surface area contributed by atoms with Crippen molar-refractivity contribution >= 4 is 29.3 Å². The Kier molecular flexibility index (Phi) is 4.44. The van der Waals surface area contributed by atoms with Gasteiger partial charge in [0, 0.05) is 16.0 Å². The summed E-state index contributed by atoms with van der Waals surface area (Å²) in [6.07, 6.45) is -1.11. The van der Waals surface area contributed by atoms with Crippen LogP contribution < -0.4 is 5.73 Å². The first-order valence-electron chi connectivity index (χ1n) is 4.82. The molecule has 0 bridgehead atoms. The second-order valence-electron chi connectivity index (χ2n) is 3.63. The van der Waals surface area contributed by atoms with Crippen LogP contribution in [0.15, 0.2) is 18.2 Å². The van der Waals surface area contributed by atoms with Crippen molar-refractivity contribution < 1.29 is 9.53 Å². The third-order valence-corrected chi connectivity index (χ3v) is 2.85. The number of halogens is 2. The van der Waals surface area contributed by atoms with Crippen molar-refractivity contribution in [2.45, 2.75) is 25.9 Å². The quantitative estimate of drug-likeness (QED) is 0.905. The van der Waals surface area contributed by atoms with Crippen molar-refractivity contribution in [3.05, 3.63) is 33.8 Å². The number of benzene rings is 1. The minimum atomic E-state index is -0.785. The van der Waals surface area contributed by atoms with Crippen molar-refractivity contribution in [3.63, 3.8) is 0 Å². The van der Waals surface area contributed by atoms with Gasteiger partial charge in [0.15, 0.2) is 0 Å². The molecule has 3 nitrogen and oxygen atoms in total. The van der Waals surface area contributed by atoms with Gasteiger partial charge in [0.05, 0.1) is 0 Å². The van der Waals surface area contributed by atoms with Crippen LogP contribution >= 0.6 is 23.2 Å². The lowest BCUT2D eigenvalue weighted by Gasteiger charge is -2.20. The fourth-order valence-electron chi connectivity index (χ4n) is 1.39. The summed E-state index contributed by atoms with van der Waals surface area (Å²) in [6.45, 7) is 3.68. The third-order valence-electron chi connectivity index (χ3n) is 2.42. The lowest BCUT2D eigenvalue weighted by atomic mass is 9.96. The van der Waals surface area contributed by atoms with Crippen molar-refractivity contribution in [1.82, 2.24) is 0 Å². The highest BCUT2D eigenvalue weighted by Crippen LogP contribution is 2.27. The van der Waals surface area contributed by atoms with Gasteiger partial charge in [0.25, 0.3) is 0 Å². The van der Waals surface area contributed by atoms with Crippen LogP contribution in [0.25, 0.3) is 0 Å². The zero-order chi connectivity index (χ0) is 12.3. The van der Waals surface area contributed by atoms with Crippen molar-refractivity contribution in [2.24, 2.45) is 5.73 Å². The third kappa shape index (κ3) is 3.58. The molecular weight excluding hydrogens is 249 g/mol. The molecule has 88 valence electrons. The van der Waals surface area contributed by atoms with E-state index in [1.807, 2.05) is 6.92 Å². The van der Waals surface area contributed by atoms with Gasteiger partial charge < -0.3 is 10.5 Å². The van der Waals surface area contributed by atoms with Gasteiger partial charge in [0.1, 0.15) is 6.10 Å². The van der Waals surface area contributed by atoms with Gasteiger partial charge in [0.2, 0.25) is 0 Å². The molecule has 1 aromatic carbocycles. The van der Waals surface area contributed by atoms with Crippen LogP contribution in [0, 0.1) is 0 Å². The SMILES string of the molecule is CC(OC(N)=O)C(C)c1cc(Cl)cc(Cl)c1. The number of amides is 1. The van der Waals surface area contributed by atoms with Crippen molar-refractivity contribution in [2.75, 3.05) is 0 Å². The van der Waals surface area contributed by atoms with Crippen LogP contribution in [0.4, 0.5) is 4.79 Å². The number of hydrogen-bond donors (Lipinski definition) is 1. The topological polar surface area (TPSA) is 52.3 Å². The molecule has 0 aromatic heterocycles. The normalized spacial score (nSPS) is 14.2. The minimum absolute atomic E-state index is 0.0244. The highest BCUT2D eigenvalue weighted by molar-refractivity contribution is 6.34. The van der Waals surface area contributed by atoms with Crippen LogP contribution in [0.3, 0.4) is 0 Å². The fourth-order valence-corrected chi connectivity index (χ4v) is 1.94. The standard InChI is InChI=1S/C11H13Cl2NO2/c1-6(7(2)16-11(14)15)8-3-9(12)5-10(13)4-8/h3-7H,1-2H3,(H2,14,15). The van der Waals surface area contributed by atoms with Gasteiger partial charge in [-0.25, -0.2) is 4.79 Å². The molecule has 0 radical (unpaired) electrons. The Bertz CT molecular complexity index is 375. The van der Waals surface area contributed by atoms with E-state index in [-0.39, 0.29) is 12.0 Å². The van der Waals surface area contributed by atoms with E-state index in [2.05, 4.69) is 0 Å². The first-order chi connectivity index (χ1) is 7.40. The lowest BCUT2D eigenvalue weighted by Crippen LogP contribution is -2.24. The molecule has 0 fully saturated rings. The monoisotopic (exact) mass is 261 g/mol. The van der Waals surface area contributed by atoms with Crippen LogP contribution in [0.1, 0.15) is 25.3 Å². The molecule has 5 heteroatoms. The molecule has 0 heterocycles. The molecule has 2 unspecified atom stereocenters. The molecule has 1 aromatic rings. The molecule has 0 aliphatic rings. The molecule has 2 atom stereocenters. The molecule has 2 N–H and O–H groups in total. The van der Waals surface area contributed by atoms with Crippen LogP contribution in [-0.2, 0) is 4.74 Å². The van der Waals surface area contributed by atoms with Crippen LogP contribution in [-0.4, -0.2) is 12.2 Å². The van der Waals surface area contributed by atoms with E-state index in [1.54, 1.807) is 25.1 Å². The Balaban J connectivity index is 2.86. The summed E-state index contributed by atoms with van der Waals surface area (Å²) in [5, 5.41) is 1.11. The van der Waals surface area contributed by atoms with E-state index in [0.717, 1.165) is 5.56 Å². The summed E-state index contributed by atoms with van der Waals surface area (Å²) < 4.78 is 4.90. The highest BCUT2D eigenvalue weighted by atomic mass is 35.5. The van der Waals surface area contributed by atoms with Crippen LogP contribution in [0.5, 0.6) is 0 Å². The Labute approximate surface area is 104 Å². The van der Waals surface area contributed by atoms with Gasteiger partial charge in [-0.2, -0.15) is 0 Å². The molecule has 0 spiro atoms. The smallest absolute Gasteiger partial charge is 0.404 e. The largest absolute Gasteiger partial charge is 0.446 e. The summed E-state index contributed by atoms with van der Waals surface area (Å²) in [7, 11) is 0. The summed E-state index contributed by atoms with van der Waals surface area (Å²) in [6, 6.07) is 5.23. The maximum atomic E-state index is 10.6. The molecular formula is C11H13Cl2NO2. The second kappa shape index (κ2) is 5.41. The second-order valence-corrected chi connectivity index (χ2v) is 4.51. The zero-order valence-electron chi connectivity index (χ0n) is 9.04. The summed E-state index contributed by atoms with van der Waals surface area (Å²) in [5.74, 6) is -0.0244. The predicted molar refractivity (Wildman–Crippen MR) is 65.0 cm³/mol. The van der Waals surface area contributed by atoms with Gasteiger partial charge in [-0.3, -0.25) is 0 Å². The van der Waals surface area contributed by atoms with E-state index < -0.39 is 6.09 Å². The molecule has 0 aliphatic carbocycles. The predicted octanol–water partition coefficient (Wildman–Crippen LogP) is 3.58. The summed E-state index contributed by atoms with van der Waals surface area (Å²) in [4.78, 5) is 10.6. The average Bonchev–Trinajstić information content (AvgIpc) is 2.13. The number of rotatable bonds is 3. The number of carbonyl (C=O) groups excluding carboxylic acids is 1. The number of hydrogen-bond acceptors (Lipinski definition) is 2. The van der Waals surface area contributed by atoms with Crippen molar-refractivity contribution in [3.8, 4) is 0 Å². The van der Waals surface area contributed by atoms with E-state index in [9.17, 15) is 4.79 Å². The Morgan fingerprint density at radius 3 is 2.19 bits per heavy atom. The molecule has 0 saturated carbocycles. The van der Waals surface area contributed by atoms with Gasteiger partial charge >= 0.3 is 6.09 Å². The van der Waals surface area contributed by atoms with Crippen LogP contribution in [0.2, 0.25) is 10.0 Å². The van der Waals surface area contributed by atoms with E-state index in [1.165, 1.54) is 0 Å². The molecule has 1 amide bonds. The van der Waals surface area contributed by atoms with E-state index in [0.29, 0.717) is 10.0 Å². The molecule has 16 heavy (non-hydrogen) atoms. The molecule has 0 aliphatic heterocycles. The lowest BCUT2D eigenvalue weighted by molar-refractivity contribution is 0.103. The fraction of sp³-hybridized carbons (Fsp3) is 0.364. The zero-order valence-corrected chi connectivity index (χ0v) is 10.5. The summed E-state index contributed by atoms with van der Waals surface area (Å²) >= 11 is 11.8. The Hall–Kier alpha value is -0.930. The number of ether oxygens (including phenoxy) is 1. The maximum absolute atomic E-state index is 10.6. The first kappa shape index (κ1) is 13.1. The number of nitrogens with two attached hydrogens (primary N) is 1. The maximum Gasteiger partial charge on any atom is 0.404 e. The highest BCUT2D eigenvalue weighted by Gasteiger charge is 2.18. The first-order valence-corrected chi connectivity index (χ1v) is 5.58. The molecule has 1 rings (SSSR count). The van der Waals surface area contributed by atoms with Crippen molar-refractivity contribution in [1.29, 1.82) is 0 Å². The van der Waals surface area contributed by atoms with Gasteiger partial charge in [-0.15, -0.1) is 0 Å². The van der Waals surface area contributed by atoms with Gasteiger partial charge in [-0.1, -0.05) is 30.1 Å². The minimum Gasteiger partial charge on any atom is -0.446 e. The van der Waals surface area contributed by atoms with E-state index in [4.69, 9.17) is 33.7 Å². The Morgan fingerprint density at radius 1 is 1.25 bits per heavy atom. The number of carbonyl (C=O) groups is 1.